The molecular weight excluding hydrogens is 224 g/mol. The molecule has 0 radical (unpaired) electrons. The van der Waals surface area contributed by atoms with Crippen LogP contribution >= 0.6 is 0 Å². The van der Waals surface area contributed by atoms with E-state index in [4.69, 9.17) is 4.74 Å². The van der Waals surface area contributed by atoms with Gasteiger partial charge < -0.3 is 10.1 Å². The van der Waals surface area contributed by atoms with E-state index in [2.05, 4.69) is 17.2 Å². The van der Waals surface area contributed by atoms with Gasteiger partial charge >= 0.3 is 0 Å². The lowest BCUT2D eigenvalue weighted by atomic mass is 9.85. The van der Waals surface area contributed by atoms with Crippen LogP contribution in [0.3, 0.4) is 0 Å². The minimum absolute atomic E-state index is 0.390. The Kier molecular flexibility index (Phi) is 5.00. The van der Waals surface area contributed by atoms with Crippen molar-refractivity contribution < 1.29 is 4.74 Å². The van der Waals surface area contributed by atoms with E-state index in [-0.39, 0.29) is 0 Å². The molecule has 0 aromatic carbocycles. The van der Waals surface area contributed by atoms with Crippen molar-refractivity contribution in [1.82, 2.24) is 10.3 Å². The molecule has 0 spiro atoms. The van der Waals surface area contributed by atoms with Crippen molar-refractivity contribution in [1.29, 1.82) is 0 Å². The second-order valence-corrected chi connectivity index (χ2v) is 5.19. The van der Waals surface area contributed by atoms with Crippen LogP contribution in [0.25, 0.3) is 0 Å². The maximum atomic E-state index is 6.19. The molecule has 0 amide bonds. The standard InChI is InChI=1S/C15H24N2O/c1-3-12-5-4-6-14(9-12)18-15-7-8-17-11-13(15)10-16-2/h7-8,11-12,14,16H,3-6,9-10H2,1-2H3. The molecule has 1 aromatic heterocycles. The number of hydrogen-bond donors (Lipinski definition) is 1. The van der Waals surface area contributed by atoms with Gasteiger partial charge in [0.1, 0.15) is 5.75 Å². The number of pyridine rings is 1. The molecule has 1 aromatic rings. The summed E-state index contributed by atoms with van der Waals surface area (Å²) in [5.41, 5.74) is 1.15. The minimum Gasteiger partial charge on any atom is -0.490 e. The molecule has 1 saturated carbocycles. The first-order valence-corrected chi connectivity index (χ1v) is 7.07. The summed E-state index contributed by atoms with van der Waals surface area (Å²) in [4.78, 5) is 4.17. The Morgan fingerprint density at radius 3 is 3.11 bits per heavy atom. The molecule has 0 aliphatic heterocycles. The Labute approximate surface area is 110 Å². The highest BCUT2D eigenvalue weighted by atomic mass is 16.5. The maximum absolute atomic E-state index is 6.19. The van der Waals surface area contributed by atoms with E-state index < -0.39 is 0 Å². The summed E-state index contributed by atoms with van der Waals surface area (Å²) in [5, 5.41) is 3.16. The number of aromatic nitrogens is 1. The van der Waals surface area contributed by atoms with Crippen LogP contribution in [0.4, 0.5) is 0 Å². The first-order chi connectivity index (χ1) is 8.83. The smallest absolute Gasteiger partial charge is 0.127 e. The molecule has 0 bridgehead atoms. The second-order valence-electron chi connectivity index (χ2n) is 5.19. The number of nitrogens with zero attached hydrogens (tertiary/aromatic N) is 1. The van der Waals surface area contributed by atoms with E-state index in [1.165, 1.54) is 32.1 Å². The third kappa shape index (κ3) is 3.45. The fourth-order valence-corrected chi connectivity index (χ4v) is 2.75. The summed E-state index contributed by atoms with van der Waals surface area (Å²) in [5.74, 6) is 1.85. The van der Waals surface area contributed by atoms with Crippen LogP contribution in [-0.4, -0.2) is 18.1 Å². The van der Waals surface area contributed by atoms with Gasteiger partial charge in [0, 0.05) is 24.5 Å². The van der Waals surface area contributed by atoms with Gasteiger partial charge in [-0.3, -0.25) is 4.98 Å². The number of rotatable bonds is 5. The largest absolute Gasteiger partial charge is 0.490 e. The fraction of sp³-hybridized carbons (Fsp3) is 0.667. The van der Waals surface area contributed by atoms with E-state index in [9.17, 15) is 0 Å². The van der Waals surface area contributed by atoms with Crippen LogP contribution in [0.2, 0.25) is 0 Å². The predicted molar refractivity (Wildman–Crippen MR) is 73.7 cm³/mol. The molecule has 100 valence electrons. The highest BCUT2D eigenvalue weighted by Crippen LogP contribution is 2.30. The molecule has 1 aliphatic carbocycles. The van der Waals surface area contributed by atoms with E-state index in [1.54, 1.807) is 0 Å². The van der Waals surface area contributed by atoms with E-state index in [0.717, 1.165) is 23.8 Å². The van der Waals surface area contributed by atoms with Crippen LogP contribution < -0.4 is 10.1 Å². The monoisotopic (exact) mass is 248 g/mol. The zero-order valence-corrected chi connectivity index (χ0v) is 11.5. The van der Waals surface area contributed by atoms with Gasteiger partial charge in [0.05, 0.1) is 6.10 Å². The Morgan fingerprint density at radius 1 is 1.44 bits per heavy atom. The molecule has 18 heavy (non-hydrogen) atoms. The highest BCUT2D eigenvalue weighted by Gasteiger charge is 2.22. The molecule has 3 nitrogen and oxygen atoms in total. The van der Waals surface area contributed by atoms with Crippen molar-refractivity contribution in [2.45, 2.75) is 51.7 Å². The van der Waals surface area contributed by atoms with Crippen molar-refractivity contribution in [3.05, 3.63) is 24.0 Å². The van der Waals surface area contributed by atoms with Crippen LogP contribution in [0.5, 0.6) is 5.75 Å². The number of ether oxygens (including phenoxy) is 1. The van der Waals surface area contributed by atoms with Crippen LogP contribution in [0.1, 0.15) is 44.6 Å². The van der Waals surface area contributed by atoms with Gasteiger partial charge in [-0.05, 0) is 38.3 Å². The molecule has 1 N–H and O–H groups in total. The molecule has 1 heterocycles. The Morgan fingerprint density at radius 2 is 2.33 bits per heavy atom. The molecule has 1 aliphatic rings. The molecule has 2 rings (SSSR count). The fourth-order valence-electron chi connectivity index (χ4n) is 2.75. The SMILES string of the molecule is CCC1CCCC(Oc2ccncc2CNC)C1. The summed E-state index contributed by atoms with van der Waals surface area (Å²) in [6.07, 6.45) is 10.4. The third-order valence-corrected chi connectivity index (χ3v) is 3.83. The van der Waals surface area contributed by atoms with Crippen molar-refractivity contribution >= 4 is 0 Å². The van der Waals surface area contributed by atoms with Crippen molar-refractivity contribution in [3.63, 3.8) is 0 Å². The van der Waals surface area contributed by atoms with Crippen LogP contribution in [0, 0.1) is 5.92 Å². The lowest BCUT2D eigenvalue weighted by Crippen LogP contribution is -2.25. The normalized spacial score (nSPS) is 23.9. The summed E-state index contributed by atoms with van der Waals surface area (Å²) >= 11 is 0. The Bertz CT molecular complexity index is 367. The predicted octanol–water partition coefficient (Wildman–Crippen LogP) is 3.15. The maximum Gasteiger partial charge on any atom is 0.127 e. The van der Waals surface area contributed by atoms with Crippen LogP contribution in [0.15, 0.2) is 18.5 Å². The zero-order valence-electron chi connectivity index (χ0n) is 11.5. The average molecular weight is 248 g/mol. The molecule has 2 unspecified atom stereocenters. The Balaban J connectivity index is 1.99. The third-order valence-electron chi connectivity index (χ3n) is 3.83. The van der Waals surface area contributed by atoms with Gasteiger partial charge in [0.25, 0.3) is 0 Å². The molecule has 3 heteroatoms. The summed E-state index contributed by atoms with van der Waals surface area (Å²) in [6.45, 7) is 3.10. The van der Waals surface area contributed by atoms with Gasteiger partial charge in [0.2, 0.25) is 0 Å². The zero-order chi connectivity index (χ0) is 12.8. The molecule has 1 fully saturated rings. The number of hydrogen-bond acceptors (Lipinski definition) is 3. The summed E-state index contributed by atoms with van der Waals surface area (Å²) < 4.78 is 6.19. The lowest BCUT2D eigenvalue weighted by molar-refractivity contribution is 0.120. The van der Waals surface area contributed by atoms with E-state index in [1.807, 2.05) is 25.5 Å². The van der Waals surface area contributed by atoms with Gasteiger partial charge in [-0.15, -0.1) is 0 Å². The number of nitrogens with one attached hydrogen (secondary N) is 1. The van der Waals surface area contributed by atoms with Crippen molar-refractivity contribution in [2.24, 2.45) is 5.92 Å². The van der Waals surface area contributed by atoms with Gasteiger partial charge in [-0.2, -0.15) is 0 Å². The summed E-state index contributed by atoms with van der Waals surface area (Å²) in [7, 11) is 1.95. The topological polar surface area (TPSA) is 34.1 Å². The minimum atomic E-state index is 0.390. The van der Waals surface area contributed by atoms with Crippen LogP contribution in [-0.2, 0) is 6.54 Å². The van der Waals surface area contributed by atoms with Gasteiger partial charge in [0.15, 0.2) is 0 Å². The Hall–Kier alpha value is -1.09. The van der Waals surface area contributed by atoms with E-state index in [0.29, 0.717) is 6.10 Å². The van der Waals surface area contributed by atoms with Gasteiger partial charge in [-0.25, -0.2) is 0 Å². The molecule has 0 saturated heterocycles. The molecule has 2 atom stereocenters. The first-order valence-electron chi connectivity index (χ1n) is 7.07. The molecular formula is C15H24N2O. The lowest BCUT2D eigenvalue weighted by Gasteiger charge is -2.29. The quantitative estimate of drug-likeness (QED) is 0.869. The highest BCUT2D eigenvalue weighted by molar-refractivity contribution is 5.30. The summed E-state index contributed by atoms with van der Waals surface area (Å²) in [6, 6.07) is 1.99. The van der Waals surface area contributed by atoms with Crippen molar-refractivity contribution in [3.8, 4) is 5.75 Å². The van der Waals surface area contributed by atoms with E-state index >= 15 is 0 Å². The average Bonchev–Trinajstić information content (AvgIpc) is 2.41. The van der Waals surface area contributed by atoms with Crippen molar-refractivity contribution in [2.75, 3.05) is 7.05 Å². The van der Waals surface area contributed by atoms with Gasteiger partial charge in [-0.1, -0.05) is 19.8 Å². The first kappa shape index (κ1) is 13.3. The second kappa shape index (κ2) is 6.74.